The molecular weight excluding hydrogens is 340 g/mol. The molecule has 0 bridgehead atoms. The minimum atomic E-state index is -0.101. The van der Waals surface area contributed by atoms with Crippen molar-refractivity contribution in [2.24, 2.45) is 4.99 Å². The first-order valence-corrected chi connectivity index (χ1v) is 9.17. The molecule has 0 saturated carbocycles. The van der Waals surface area contributed by atoms with Crippen LogP contribution in [0.4, 0.5) is 0 Å². The summed E-state index contributed by atoms with van der Waals surface area (Å²) >= 11 is 0. The van der Waals surface area contributed by atoms with Crippen LogP contribution in [0.25, 0.3) is 0 Å². The maximum atomic E-state index is 11.6. The van der Waals surface area contributed by atoms with E-state index in [9.17, 15) is 9.90 Å². The lowest BCUT2D eigenvalue weighted by molar-refractivity contribution is 0.0963. The second-order valence-electron chi connectivity index (χ2n) is 6.14. The molecule has 0 spiro atoms. The standard InChI is InChI=1S/C21H28N4O2/c1-3-23-21(25-14-19(15-26)17-7-5-4-6-8-17)24-13-16-9-11-18(12-10-16)20(27)22-2/h4-12,19,26H,3,13-15H2,1-2H3,(H,22,27)(H2,23,24,25). The molecule has 0 saturated heterocycles. The Morgan fingerprint density at radius 1 is 1.07 bits per heavy atom. The van der Waals surface area contributed by atoms with E-state index in [1.807, 2.05) is 49.4 Å². The lowest BCUT2D eigenvalue weighted by Crippen LogP contribution is -2.39. The van der Waals surface area contributed by atoms with Crippen molar-refractivity contribution in [3.05, 3.63) is 71.3 Å². The molecule has 0 aliphatic rings. The van der Waals surface area contributed by atoms with Crippen LogP contribution in [-0.4, -0.2) is 43.7 Å². The monoisotopic (exact) mass is 368 g/mol. The molecule has 0 aliphatic carbocycles. The molecule has 144 valence electrons. The predicted molar refractivity (Wildman–Crippen MR) is 109 cm³/mol. The summed E-state index contributed by atoms with van der Waals surface area (Å²) in [5.74, 6) is 0.597. The summed E-state index contributed by atoms with van der Waals surface area (Å²) in [5, 5.41) is 18.8. The van der Waals surface area contributed by atoms with E-state index >= 15 is 0 Å². The minimum Gasteiger partial charge on any atom is -0.396 e. The topological polar surface area (TPSA) is 85.8 Å². The molecule has 1 amide bonds. The van der Waals surface area contributed by atoms with Crippen molar-refractivity contribution in [2.75, 3.05) is 26.7 Å². The van der Waals surface area contributed by atoms with Gasteiger partial charge in [0, 0.05) is 31.6 Å². The van der Waals surface area contributed by atoms with Crippen LogP contribution in [-0.2, 0) is 6.54 Å². The summed E-state index contributed by atoms with van der Waals surface area (Å²) in [6.45, 7) is 3.91. The van der Waals surface area contributed by atoms with Gasteiger partial charge in [-0.2, -0.15) is 0 Å². The second-order valence-corrected chi connectivity index (χ2v) is 6.14. The van der Waals surface area contributed by atoms with E-state index in [0.29, 0.717) is 24.6 Å². The molecular formula is C21H28N4O2. The van der Waals surface area contributed by atoms with E-state index in [4.69, 9.17) is 0 Å². The van der Waals surface area contributed by atoms with E-state index in [1.54, 1.807) is 19.2 Å². The average molecular weight is 368 g/mol. The van der Waals surface area contributed by atoms with E-state index in [1.165, 1.54) is 0 Å². The van der Waals surface area contributed by atoms with Crippen LogP contribution in [0.5, 0.6) is 0 Å². The second kappa shape index (κ2) is 11.0. The molecule has 0 aromatic heterocycles. The first-order chi connectivity index (χ1) is 13.2. The largest absolute Gasteiger partial charge is 0.396 e. The van der Waals surface area contributed by atoms with Crippen molar-refractivity contribution >= 4 is 11.9 Å². The van der Waals surface area contributed by atoms with Crippen molar-refractivity contribution in [3.63, 3.8) is 0 Å². The van der Waals surface area contributed by atoms with Gasteiger partial charge in [0.1, 0.15) is 0 Å². The molecule has 0 heterocycles. The van der Waals surface area contributed by atoms with Crippen molar-refractivity contribution < 1.29 is 9.90 Å². The third-order valence-corrected chi connectivity index (χ3v) is 4.21. The third kappa shape index (κ3) is 6.42. The van der Waals surface area contributed by atoms with Crippen LogP contribution in [0.1, 0.15) is 34.3 Å². The smallest absolute Gasteiger partial charge is 0.251 e. The summed E-state index contributed by atoms with van der Waals surface area (Å²) in [6.07, 6.45) is 0. The van der Waals surface area contributed by atoms with Gasteiger partial charge in [0.2, 0.25) is 0 Å². The molecule has 2 aromatic rings. The highest BCUT2D eigenvalue weighted by atomic mass is 16.3. The van der Waals surface area contributed by atoms with Crippen LogP contribution in [0.3, 0.4) is 0 Å². The number of aliphatic imine (C=N–C) groups is 1. The maximum absolute atomic E-state index is 11.6. The molecule has 2 aromatic carbocycles. The van der Waals surface area contributed by atoms with Gasteiger partial charge in [-0.1, -0.05) is 42.5 Å². The van der Waals surface area contributed by atoms with Crippen molar-refractivity contribution in [2.45, 2.75) is 19.4 Å². The summed E-state index contributed by atoms with van der Waals surface area (Å²) in [4.78, 5) is 16.2. The molecule has 0 aliphatic heterocycles. The molecule has 27 heavy (non-hydrogen) atoms. The Morgan fingerprint density at radius 3 is 2.37 bits per heavy atom. The first kappa shape index (κ1) is 20.5. The van der Waals surface area contributed by atoms with Crippen LogP contribution in [0.2, 0.25) is 0 Å². The van der Waals surface area contributed by atoms with Crippen molar-refractivity contribution in [3.8, 4) is 0 Å². The third-order valence-electron chi connectivity index (χ3n) is 4.21. The lowest BCUT2D eigenvalue weighted by Gasteiger charge is -2.18. The van der Waals surface area contributed by atoms with Gasteiger partial charge in [0.25, 0.3) is 5.91 Å². The number of amides is 1. The molecule has 0 fully saturated rings. The number of aliphatic hydroxyl groups excluding tert-OH is 1. The Bertz CT molecular complexity index is 730. The highest BCUT2D eigenvalue weighted by molar-refractivity contribution is 5.93. The lowest BCUT2D eigenvalue weighted by atomic mass is 10.0. The van der Waals surface area contributed by atoms with Gasteiger partial charge >= 0.3 is 0 Å². The zero-order valence-electron chi connectivity index (χ0n) is 15.9. The Kier molecular flexibility index (Phi) is 8.32. The van der Waals surface area contributed by atoms with E-state index in [-0.39, 0.29) is 18.4 Å². The number of carbonyl (C=O) groups is 1. The number of rotatable bonds is 8. The Labute approximate surface area is 160 Å². The van der Waals surface area contributed by atoms with Crippen LogP contribution in [0, 0.1) is 0 Å². The summed E-state index contributed by atoms with van der Waals surface area (Å²) in [7, 11) is 1.62. The van der Waals surface area contributed by atoms with Gasteiger partial charge in [-0.3, -0.25) is 4.79 Å². The number of nitrogens with one attached hydrogen (secondary N) is 3. The van der Waals surface area contributed by atoms with Gasteiger partial charge in [0.05, 0.1) is 13.2 Å². The fourth-order valence-electron chi connectivity index (χ4n) is 2.65. The highest BCUT2D eigenvalue weighted by Gasteiger charge is 2.10. The summed E-state index contributed by atoms with van der Waals surface area (Å²) in [5.41, 5.74) is 2.73. The number of aliphatic hydroxyl groups is 1. The number of nitrogens with zero attached hydrogens (tertiary/aromatic N) is 1. The number of carbonyl (C=O) groups excluding carboxylic acids is 1. The van der Waals surface area contributed by atoms with Crippen molar-refractivity contribution in [1.29, 1.82) is 0 Å². The molecule has 6 nitrogen and oxygen atoms in total. The zero-order valence-corrected chi connectivity index (χ0v) is 15.9. The maximum Gasteiger partial charge on any atom is 0.251 e. The quantitative estimate of drug-likeness (QED) is 0.423. The zero-order chi connectivity index (χ0) is 19.5. The normalized spacial score (nSPS) is 12.3. The molecule has 0 radical (unpaired) electrons. The average Bonchev–Trinajstić information content (AvgIpc) is 2.73. The van der Waals surface area contributed by atoms with Gasteiger partial charge in [-0.05, 0) is 30.2 Å². The number of hydrogen-bond acceptors (Lipinski definition) is 3. The van der Waals surface area contributed by atoms with Crippen LogP contribution < -0.4 is 16.0 Å². The summed E-state index contributed by atoms with van der Waals surface area (Å²) in [6, 6.07) is 17.3. The molecule has 2 rings (SSSR count). The Hall–Kier alpha value is -2.86. The first-order valence-electron chi connectivity index (χ1n) is 9.17. The molecule has 1 unspecified atom stereocenters. The Balaban J connectivity index is 1.98. The molecule has 6 heteroatoms. The summed E-state index contributed by atoms with van der Waals surface area (Å²) < 4.78 is 0. The van der Waals surface area contributed by atoms with Gasteiger partial charge in [0.15, 0.2) is 5.96 Å². The van der Waals surface area contributed by atoms with E-state index in [2.05, 4.69) is 20.9 Å². The number of hydrogen-bond donors (Lipinski definition) is 4. The van der Waals surface area contributed by atoms with Gasteiger partial charge < -0.3 is 21.1 Å². The fourth-order valence-corrected chi connectivity index (χ4v) is 2.65. The van der Waals surface area contributed by atoms with Crippen LogP contribution >= 0.6 is 0 Å². The number of benzene rings is 2. The predicted octanol–water partition coefficient (Wildman–Crippen LogP) is 1.88. The molecule has 1 atom stereocenters. The Morgan fingerprint density at radius 2 is 1.78 bits per heavy atom. The van der Waals surface area contributed by atoms with Crippen LogP contribution in [0.15, 0.2) is 59.6 Å². The minimum absolute atomic E-state index is 0.00176. The van der Waals surface area contributed by atoms with Gasteiger partial charge in [-0.15, -0.1) is 0 Å². The van der Waals surface area contributed by atoms with E-state index < -0.39 is 0 Å². The highest BCUT2D eigenvalue weighted by Crippen LogP contribution is 2.13. The molecule has 4 N–H and O–H groups in total. The van der Waals surface area contributed by atoms with Crippen molar-refractivity contribution in [1.82, 2.24) is 16.0 Å². The fraction of sp³-hybridized carbons (Fsp3) is 0.333. The number of guanidine groups is 1. The van der Waals surface area contributed by atoms with E-state index in [0.717, 1.165) is 17.7 Å². The SMILES string of the molecule is CCNC(=NCc1ccc(C(=O)NC)cc1)NCC(CO)c1ccccc1. The van der Waals surface area contributed by atoms with Gasteiger partial charge in [-0.25, -0.2) is 4.99 Å².